The van der Waals surface area contributed by atoms with Gasteiger partial charge in [-0.2, -0.15) is 0 Å². The van der Waals surface area contributed by atoms with Gasteiger partial charge in [0, 0.05) is 6.07 Å². The van der Waals surface area contributed by atoms with Crippen molar-refractivity contribution in [2.75, 3.05) is 34.0 Å². The van der Waals surface area contributed by atoms with E-state index in [1.54, 1.807) is 6.07 Å². The number of ketones is 1. The number of ether oxygens (including phenoxy) is 6. The maximum Gasteiger partial charge on any atom is 0.229 e. The van der Waals surface area contributed by atoms with Crippen molar-refractivity contribution in [3.63, 3.8) is 0 Å². The van der Waals surface area contributed by atoms with Gasteiger partial charge < -0.3 is 64.2 Å². The lowest BCUT2D eigenvalue weighted by atomic mass is 9.98. The molecule has 216 valence electrons. The standard InChI is InChI=1S/C25H32O14/c1-10(28)16-13(38-24-22(32)25(33,8-27)9-36-24)5-11-4-12(34-2)6-14(17(11)21(16)35-3)37-23-20(31)19(30)18(29)15(7-26)39-23/h4-6,15,18-20,22-24,26-27,29-33H,7-9H2,1-3H3/t15-,18-,19+,20-,22+,23-,24+,25-/m1/s1. The van der Waals surface area contributed by atoms with Crippen molar-refractivity contribution in [2.45, 2.75) is 55.6 Å². The minimum Gasteiger partial charge on any atom is -0.497 e. The topological polar surface area (TPSA) is 214 Å². The third kappa shape index (κ3) is 5.23. The Morgan fingerprint density at radius 2 is 1.67 bits per heavy atom. The summed E-state index contributed by atoms with van der Waals surface area (Å²) >= 11 is 0. The fourth-order valence-corrected chi connectivity index (χ4v) is 4.57. The summed E-state index contributed by atoms with van der Waals surface area (Å²) in [5, 5.41) is 71.0. The van der Waals surface area contributed by atoms with Gasteiger partial charge in [-0.05, 0) is 24.4 Å². The van der Waals surface area contributed by atoms with Gasteiger partial charge in [-0.15, -0.1) is 0 Å². The molecule has 7 N–H and O–H groups in total. The van der Waals surface area contributed by atoms with Crippen LogP contribution in [-0.2, 0) is 9.47 Å². The van der Waals surface area contributed by atoms with Crippen LogP contribution < -0.4 is 18.9 Å². The lowest BCUT2D eigenvalue weighted by molar-refractivity contribution is -0.277. The van der Waals surface area contributed by atoms with Crippen LogP contribution >= 0.6 is 0 Å². The second kappa shape index (κ2) is 11.4. The molecule has 2 aliphatic rings. The van der Waals surface area contributed by atoms with Crippen molar-refractivity contribution < 1.29 is 69.0 Å². The van der Waals surface area contributed by atoms with Gasteiger partial charge >= 0.3 is 0 Å². The summed E-state index contributed by atoms with van der Waals surface area (Å²) in [6.45, 7) is -0.623. The Balaban J connectivity index is 1.83. The highest BCUT2D eigenvalue weighted by molar-refractivity contribution is 6.08. The molecule has 0 aliphatic carbocycles. The van der Waals surface area contributed by atoms with Crippen LogP contribution in [0.25, 0.3) is 10.8 Å². The van der Waals surface area contributed by atoms with Crippen LogP contribution in [0.4, 0.5) is 0 Å². The summed E-state index contributed by atoms with van der Waals surface area (Å²) in [5.74, 6) is -0.362. The summed E-state index contributed by atoms with van der Waals surface area (Å²) in [4.78, 5) is 12.8. The highest BCUT2D eigenvalue weighted by Gasteiger charge is 2.49. The molecule has 39 heavy (non-hydrogen) atoms. The number of carbonyl (C=O) groups is 1. The van der Waals surface area contributed by atoms with Crippen molar-refractivity contribution in [3.05, 3.63) is 23.8 Å². The van der Waals surface area contributed by atoms with Crippen molar-refractivity contribution in [3.8, 4) is 23.0 Å². The molecule has 0 unspecified atom stereocenters. The predicted molar refractivity (Wildman–Crippen MR) is 130 cm³/mol. The molecule has 2 fully saturated rings. The monoisotopic (exact) mass is 556 g/mol. The van der Waals surface area contributed by atoms with Gasteiger partial charge in [0.15, 0.2) is 5.78 Å². The Hall–Kier alpha value is -2.79. The first-order valence-electron chi connectivity index (χ1n) is 12.0. The predicted octanol–water partition coefficient (Wildman–Crippen LogP) is -1.94. The molecule has 14 nitrogen and oxygen atoms in total. The Kier molecular flexibility index (Phi) is 8.51. The maximum absolute atomic E-state index is 12.8. The number of benzene rings is 2. The largest absolute Gasteiger partial charge is 0.497 e. The minimum atomic E-state index is -1.96. The van der Waals surface area contributed by atoms with Gasteiger partial charge in [0.05, 0.1) is 39.4 Å². The second-order valence-electron chi connectivity index (χ2n) is 9.38. The molecule has 0 bridgehead atoms. The van der Waals surface area contributed by atoms with E-state index in [0.29, 0.717) is 5.39 Å². The molecule has 2 heterocycles. The van der Waals surface area contributed by atoms with Gasteiger partial charge in [0.1, 0.15) is 64.7 Å². The van der Waals surface area contributed by atoms with Gasteiger partial charge in [-0.1, -0.05) is 0 Å². The van der Waals surface area contributed by atoms with Gasteiger partial charge in [-0.3, -0.25) is 4.79 Å². The average molecular weight is 557 g/mol. The van der Waals surface area contributed by atoms with E-state index in [-0.39, 0.29) is 33.9 Å². The number of Topliss-reactive ketones (excluding diaryl/α,β-unsaturated/α-hetero) is 1. The first-order valence-corrected chi connectivity index (χ1v) is 12.0. The number of fused-ring (bicyclic) bond motifs is 1. The SMILES string of the molecule is COc1cc(O[C@@H]2O[C@H](CO)[C@@H](O)[C@H](O)[C@H]2O)c2c(OC)c(C(C)=O)c(O[C@@H]3OC[C@](O)(CO)[C@H]3O)cc2c1. The molecule has 2 aromatic rings. The first-order chi connectivity index (χ1) is 18.5. The van der Waals surface area contributed by atoms with Crippen molar-refractivity contribution in [2.24, 2.45) is 0 Å². The fraction of sp³-hybridized carbons (Fsp3) is 0.560. The molecular formula is C25H32O14. The van der Waals surface area contributed by atoms with E-state index in [0.717, 1.165) is 0 Å². The number of methoxy groups -OCH3 is 2. The van der Waals surface area contributed by atoms with Crippen LogP contribution in [0.1, 0.15) is 17.3 Å². The van der Waals surface area contributed by atoms with Crippen molar-refractivity contribution >= 4 is 16.6 Å². The maximum atomic E-state index is 12.8. The molecule has 8 atom stereocenters. The number of carbonyl (C=O) groups excluding carboxylic acids is 1. The van der Waals surface area contributed by atoms with Gasteiger partial charge in [-0.25, -0.2) is 0 Å². The van der Waals surface area contributed by atoms with E-state index in [1.807, 2.05) is 0 Å². The highest BCUT2D eigenvalue weighted by Crippen LogP contribution is 2.45. The first kappa shape index (κ1) is 29.2. The summed E-state index contributed by atoms with van der Waals surface area (Å²) in [6, 6.07) is 4.40. The van der Waals surface area contributed by atoms with E-state index in [4.69, 9.17) is 28.4 Å². The average Bonchev–Trinajstić information content (AvgIpc) is 3.21. The van der Waals surface area contributed by atoms with Crippen LogP contribution in [-0.4, -0.2) is 124 Å². The van der Waals surface area contributed by atoms with E-state index in [9.17, 15) is 40.5 Å². The number of aliphatic hydroxyl groups excluding tert-OH is 6. The normalized spacial score (nSPS) is 32.7. The van der Waals surface area contributed by atoms with E-state index >= 15 is 0 Å². The number of aliphatic hydroxyl groups is 7. The number of hydrogen-bond donors (Lipinski definition) is 7. The number of hydrogen-bond acceptors (Lipinski definition) is 14. The molecule has 0 spiro atoms. The summed E-state index contributed by atoms with van der Waals surface area (Å²) in [6.07, 6.45) is -10.8. The van der Waals surface area contributed by atoms with Crippen LogP contribution in [0.3, 0.4) is 0 Å². The fourth-order valence-electron chi connectivity index (χ4n) is 4.57. The van der Waals surface area contributed by atoms with Gasteiger partial charge in [0.2, 0.25) is 12.6 Å². The molecule has 0 saturated carbocycles. The molecule has 2 aliphatic heterocycles. The zero-order valence-electron chi connectivity index (χ0n) is 21.4. The summed E-state index contributed by atoms with van der Waals surface area (Å²) < 4.78 is 33.4. The molecular weight excluding hydrogens is 524 g/mol. The van der Waals surface area contributed by atoms with Crippen LogP contribution in [0.15, 0.2) is 18.2 Å². The zero-order chi connectivity index (χ0) is 28.6. The lowest BCUT2D eigenvalue weighted by Crippen LogP contribution is -2.60. The van der Waals surface area contributed by atoms with Crippen molar-refractivity contribution in [1.82, 2.24) is 0 Å². The molecule has 0 amide bonds. The molecule has 0 radical (unpaired) electrons. The van der Waals surface area contributed by atoms with Gasteiger partial charge in [0.25, 0.3) is 0 Å². The van der Waals surface area contributed by atoms with Crippen LogP contribution in [0.2, 0.25) is 0 Å². The molecule has 14 heteroatoms. The van der Waals surface area contributed by atoms with Crippen LogP contribution in [0, 0.1) is 0 Å². The summed E-state index contributed by atoms with van der Waals surface area (Å²) in [5.41, 5.74) is -2.04. The third-order valence-electron chi connectivity index (χ3n) is 6.80. The number of rotatable bonds is 9. The highest BCUT2D eigenvalue weighted by atomic mass is 16.7. The van der Waals surface area contributed by atoms with Crippen molar-refractivity contribution in [1.29, 1.82) is 0 Å². The van der Waals surface area contributed by atoms with E-state index < -0.39 is 74.3 Å². The zero-order valence-corrected chi connectivity index (χ0v) is 21.4. The Morgan fingerprint density at radius 3 is 2.23 bits per heavy atom. The van der Waals surface area contributed by atoms with E-state index in [2.05, 4.69) is 0 Å². The molecule has 0 aromatic heterocycles. The Bertz CT molecular complexity index is 1200. The Morgan fingerprint density at radius 1 is 0.974 bits per heavy atom. The molecule has 2 aromatic carbocycles. The van der Waals surface area contributed by atoms with Crippen LogP contribution in [0.5, 0.6) is 23.0 Å². The summed E-state index contributed by atoms with van der Waals surface area (Å²) in [7, 11) is 2.67. The third-order valence-corrected chi connectivity index (χ3v) is 6.80. The van der Waals surface area contributed by atoms with E-state index in [1.165, 1.54) is 33.3 Å². The smallest absolute Gasteiger partial charge is 0.229 e. The lowest BCUT2D eigenvalue weighted by Gasteiger charge is -2.39. The second-order valence-corrected chi connectivity index (χ2v) is 9.38. The Labute approximate surface area is 222 Å². The quantitative estimate of drug-likeness (QED) is 0.167. The molecule has 2 saturated heterocycles. The molecule has 4 rings (SSSR count). The minimum absolute atomic E-state index is 0.00798.